The average molecular weight is 519 g/mol. The van der Waals surface area contributed by atoms with Crippen molar-refractivity contribution in [2.75, 3.05) is 13.2 Å². The molecule has 2 saturated heterocycles. The Labute approximate surface area is 198 Å². The van der Waals surface area contributed by atoms with E-state index in [1.807, 2.05) is 0 Å². The van der Waals surface area contributed by atoms with Gasteiger partial charge in [-0.1, -0.05) is 0 Å². The molecule has 4 heterocycles. The van der Waals surface area contributed by atoms with Crippen molar-refractivity contribution in [3.8, 4) is 0 Å². The summed E-state index contributed by atoms with van der Waals surface area (Å²) in [6.45, 7) is -1.05. The molecular formula is C18H22N4O10S2. The standard InChI is InChI=1S/C18H22N4O10S2/c23-5-7-11(25)13(27)15(31-7)21-3-1-9(19-17(21)29)33-34-10-2-4-22(18(30)20-10)16-14(28)12(26)8(6-24)32-16/h1-4,7-8,11-16,23-28H,5-6H2/t7-,8-,11-,12-,13-,14-,15-,16-/m1/s1. The van der Waals surface area contributed by atoms with Crippen LogP contribution < -0.4 is 11.4 Å². The summed E-state index contributed by atoms with van der Waals surface area (Å²) in [5.41, 5.74) is -1.51. The van der Waals surface area contributed by atoms with Gasteiger partial charge in [-0.2, -0.15) is 9.97 Å². The Morgan fingerprint density at radius 1 is 0.735 bits per heavy atom. The third-order valence-corrected chi connectivity index (χ3v) is 7.56. The molecule has 0 radical (unpaired) electrons. The van der Waals surface area contributed by atoms with Crippen LogP contribution in [0.15, 0.2) is 44.2 Å². The van der Waals surface area contributed by atoms with Crippen LogP contribution in [0.2, 0.25) is 0 Å². The van der Waals surface area contributed by atoms with Gasteiger partial charge in [0.1, 0.15) is 46.7 Å². The smallest absolute Gasteiger partial charge is 0.350 e. The minimum atomic E-state index is -1.42. The lowest BCUT2D eigenvalue weighted by Gasteiger charge is -2.17. The molecule has 34 heavy (non-hydrogen) atoms. The van der Waals surface area contributed by atoms with E-state index < -0.39 is 73.7 Å². The molecule has 2 fully saturated rings. The molecule has 0 saturated carbocycles. The van der Waals surface area contributed by atoms with Gasteiger partial charge in [-0.3, -0.25) is 9.13 Å². The molecule has 186 valence electrons. The van der Waals surface area contributed by atoms with Crippen LogP contribution in [-0.2, 0) is 9.47 Å². The minimum absolute atomic E-state index is 0.271. The van der Waals surface area contributed by atoms with Gasteiger partial charge in [0.25, 0.3) is 0 Å². The largest absolute Gasteiger partial charge is 0.394 e. The molecule has 8 atom stereocenters. The normalized spacial score (nSPS) is 33.5. The van der Waals surface area contributed by atoms with E-state index in [-0.39, 0.29) is 10.1 Å². The third-order valence-electron chi connectivity index (χ3n) is 5.40. The Morgan fingerprint density at radius 2 is 1.12 bits per heavy atom. The summed E-state index contributed by atoms with van der Waals surface area (Å²) in [5.74, 6) is 0. The Morgan fingerprint density at radius 3 is 1.41 bits per heavy atom. The molecule has 0 amide bonds. The average Bonchev–Trinajstić information content (AvgIpc) is 3.27. The van der Waals surface area contributed by atoms with Crippen LogP contribution in [-0.4, -0.2) is 99.6 Å². The quantitative estimate of drug-likeness (QED) is 0.158. The zero-order valence-corrected chi connectivity index (χ0v) is 18.9. The first kappa shape index (κ1) is 25.2. The summed E-state index contributed by atoms with van der Waals surface area (Å²) in [7, 11) is 2.06. The number of nitrogens with zero attached hydrogens (tertiary/aromatic N) is 4. The number of aromatic nitrogens is 4. The van der Waals surface area contributed by atoms with Gasteiger partial charge in [0.2, 0.25) is 0 Å². The SMILES string of the molecule is O=c1nc(SSc2ccn([C@@H]3O[C@H](CO)[C@@H](O)[C@H]3O)c(=O)n2)ccn1[C@@H]1O[C@H](CO)[C@@H](O)[C@H]1O. The topological polar surface area (TPSA) is 210 Å². The van der Waals surface area contributed by atoms with Crippen LogP contribution in [0.4, 0.5) is 0 Å². The monoisotopic (exact) mass is 518 g/mol. The van der Waals surface area contributed by atoms with E-state index in [2.05, 4.69) is 9.97 Å². The molecule has 0 aliphatic carbocycles. The maximum atomic E-state index is 12.4. The van der Waals surface area contributed by atoms with Crippen LogP contribution in [0.3, 0.4) is 0 Å². The number of hydrogen-bond acceptors (Lipinski definition) is 14. The molecule has 16 heteroatoms. The maximum Gasteiger partial charge on any atom is 0.350 e. The number of hydrogen-bond donors (Lipinski definition) is 6. The van der Waals surface area contributed by atoms with Crippen LogP contribution in [0, 0.1) is 0 Å². The van der Waals surface area contributed by atoms with Gasteiger partial charge in [0.05, 0.1) is 13.2 Å². The number of rotatable bonds is 7. The van der Waals surface area contributed by atoms with E-state index in [0.29, 0.717) is 0 Å². The summed E-state index contributed by atoms with van der Waals surface area (Å²) in [6.07, 6.45) is -7.36. The lowest BCUT2D eigenvalue weighted by Crippen LogP contribution is -2.36. The highest BCUT2D eigenvalue weighted by Gasteiger charge is 2.44. The predicted molar refractivity (Wildman–Crippen MR) is 115 cm³/mol. The van der Waals surface area contributed by atoms with Crippen molar-refractivity contribution in [3.63, 3.8) is 0 Å². The molecule has 2 aromatic rings. The fourth-order valence-corrected chi connectivity index (χ4v) is 5.28. The second kappa shape index (κ2) is 10.4. The van der Waals surface area contributed by atoms with Crippen molar-refractivity contribution in [3.05, 3.63) is 45.5 Å². The van der Waals surface area contributed by atoms with E-state index in [0.717, 1.165) is 30.7 Å². The molecule has 0 spiro atoms. The molecular weight excluding hydrogens is 496 g/mol. The van der Waals surface area contributed by atoms with Crippen molar-refractivity contribution in [1.82, 2.24) is 19.1 Å². The predicted octanol–water partition coefficient (Wildman–Crippen LogP) is -3.18. The zero-order chi connectivity index (χ0) is 24.6. The molecule has 2 aromatic heterocycles. The van der Waals surface area contributed by atoms with E-state index in [1.165, 1.54) is 24.5 Å². The molecule has 14 nitrogen and oxygen atoms in total. The molecule has 2 aliphatic rings. The summed E-state index contributed by atoms with van der Waals surface area (Å²) in [4.78, 5) is 32.5. The molecule has 6 N–H and O–H groups in total. The number of aliphatic hydroxyl groups excluding tert-OH is 6. The molecule has 0 aromatic carbocycles. The number of ether oxygens (including phenoxy) is 2. The molecule has 0 bridgehead atoms. The first-order chi connectivity index (χ1) is 16.2. The highest BCUT2D eigenvalue weighted by Crippen LogP contribution is 2.35. The van der Waals surface area contributed by atoms with Gasteiger partial charge >= 0.3 is 11.4 Å². The minimum Gasteiger partial charge on any atom is -0.394 e. The van der Waals surface area contributed by atoms with Crippen LogP contribution in [0.25, 0.3) is 0 Å². The van der Waals surface area contributed by atoms with Gasteiger partial charge in [-0.05, 0) is 33.7 Å². The Bertz CT molecular complexity index is 1040. The summed E-state index contributed by atoms with van der Waals surface area (Å²) < 4.78 is 12.6. The summed E-state index contributed by atoms with van der Waals surface area (Å²) in [6, 6.07) is 2.93. The first-order valence-electron chi connectivity index (χ1n) is 10.0. The van der Waals surface area contributed by atoms with Gasteiger partial charge in [0, 0.05) is 12.4 Å². The van der Waals surface area contributed by atoms with Crippen LogP contribution in [0.5, 0.6) is 0 Å². The Balaban J connectivity index is 1.42. The van der Waals surface area contributed by atoms with E-state index in [9.17, 15) is 40.2 Å². The van der Waals surface area contributed by atoms with Crippen molar-refractivity contribution in [2.45, 2.75) is 59.1 Å². The number of aliphatic hydroxyl groups is 6. The van der Waals surface area contributed by atoms with Crippen LogP contribution >= 0.6 is 21.6 Å². The van der Waals surface area contributed by atoms with Crippen LogP contribution in [0.1, 0.15) is 12.5 Å². The summed E-state index contributed by atoms with van der Waals surface area (Å²) >= 11 is 0. The Hall–Kier alpha value is -1.86. The van der Waals surface area contributed by atoms with E-state index >= 15 is 0 Å². The fourth-order valence-electron chi connectivity index (χ4n) is 3.58. The molecule has 0 unspecified atom stereocenters. The second-order valence-corrected chi connectivity index (χ2v) is 9.71. The third kappa shape index (κ3) is 4.78. The highest BCUT2D eigenvalue weighted by molar-refractivity contribution is 8.76. The second-order valence-electron chi connectivity index (χ2n) is 7.54. The van der Waals surface area contributed by atoms with Gasteiger partial charge in [0.15, 0.2) is 12.5 Å². The van der Waals surface area contributed by atoms with Crippen molar-refractivity contribution < 1.29 is 40.1 Å². The fraction of sp³-hybridized carbons (Fsp3) is 0.556. The first-order valence-corrected chi connectivity index (χ1v) is 12.2. The Kier molecular flexibility index (Phi) is 7.72. The van der Waals surface area contributed by atoms with E-state index in [4.69, 9.17) is 9.47 Å². The van der Waals surface area contributed by atoms with Gasteiger partial charge in [-0.15, -0.1) is 0 Å². The summed E-state index contributed by atoms with van der Waals surface area (Å²) in [5, 5.41) is 58.7. The maximum absolute atomic E-state index is 12.4. The van der Waals surface area contributed by atoms with Crippen molar-refractivity contribution >= 4 is 21.6 Å². The van der Waals surface area contributed by atoms with Crippen molar-refractivity contribution in [2.24, 2.45) is 0 Å². The lowest BCUT2D eigenvalue weighted by molar-refractivity contribution is -0.0551. The van der Waals surface area contributed by atoms with Gasteiger partial charge < -0.3 is 40.1 Å². The zero-order valence-electron chi connectivity index (χ0n) is 17.3. The van der Waals surface area contributed by atoms with Gasteiger partial charge in [-0.25, -0.2) is 9.59 Å². The molecule has 4 rings (SSSR count). The molecule has 2 aliphatic heterocycles. The lowest BCUT2D eigenvalue weighted by atomic mass is 10.1. The highest BCUT2D eigenvalue weighted by atomic mass is 33.1. The van der Waals surface area contributed by atoms with Crippen molar-refractivity contribution in [1.29, 1.82) is 0 Å². The van der Waals surface area contributed by atoms with E-state index in [1.54, 1.807) is 0 Å².